The maximum atomic E-state index is 10.8. The largest absolute Gasteiger partial charge is 0.469 e. The summed E-state index contributed by atoms with van der Waals surface area (Å²) in [6.45, 7) is 6.02. The Bertz CT molecular complexity index is 262. The molecule has 0 aliphatic heterocycles. The van der Waals surface area contributed by atoms with Gasteiger partial charge in [-0.25, -0.2) is 0 Å². The third-order valence-electron chi connectivity index (χ3n) is 1.70. The number of carbonyl (C=O) groups excluding carboxylic acids is 1. The van der Waals surface area contributed by atoms with Crippen LogP contribution >= 0.6 is 0 Å². The molecule has 14 heavy (non-hydrogen) atoms. The van der Waals surface area contributed by atoms with E-state index >= 15 is 0 Å². The second kappa shape index (κ2) is 7.13. The van der Waals surface area contributed by atoms with Crippen molar-refractivity contribution in [2.75, 3.05) is 7.11 Å². The van der Waals surface area contributed by atoms with Gasteiger partial charge in [0.25, 0.3) is 0 Å². The third-order valence-corrected chi connectivity index (χ3v) is 1.70. The number of benzene rings is 1. The second-order valence-corrected chi connectivity index (χ2v) is 2.74. The maximum Gasteiger partial charge on any atom is 0.309 e. The van der Waals surface area contributed by atoms with Gasteiger partial charge in [-0.3, -0.25) is 4.79 Å². The van der Waals surface area contributed by atoms with E-state index in [0.717, 1.165) is 5.56 Å². The molecule has 0 heterocycles. The van der Waals surface area contributed by atoms with Crippen molar-refractivity contribution in [3.8, 4) is 0 Å². The number of aryl methyl sites for hydroxylation is 1. The van der Waals surface area contributed by atoms with E-state index in [1.807, 2.05) is 45.0 Å². The van der Waals surface area contributed by atoms with Crippen LogP contribution in [0, 0.1) is 6.92 Å². The van der Waals surface area contributed by atoms with Gasteiger partial charge in [0.2, 0.25) is 0 Å². The molecule has 0 atom stereocenters. The molecule has 0 aliphatic carbocycles. The van der Waals surface area contributed by atoms with Crippen LogP contribution in [0.25, 0.3) is 0 Å². The van der Waals surface area contributed by atoms with Crippen molar-refractivity contribution in [1.29, 1.82) is 0 Å². The van der Waals surface area contributed by atoms with Crippen LogP contribution in [-0.4, -0.2) is 13.1 Å². The summed E-state index contributed by atoms with van der Waals surface area (Å²) in [6, 6.07) is 7.84. The van der Waals surface area contributed by atoms with Crippen molar-refractivity contribution in [2.45, 2.75) is 27.2 Å². The highest BCUT2D eigenvalue weighted by atomic mass is 16.5. The van der Waals surface area contributed by atoms with Crippen LogP contribution < -0.4 is 0 Å². The summed E-state index contributed by atoms with van der Waals surface area (Å²) < 4.78 is 4.55. The lowest BCUT2D eigenvalue weighted by molar-refractivity contribution is -0.139. The van der Waals surface area contributed by atoms with Crippen LogP contribution in [0.4, 0.5) is 0 Å². The van der Waals surface area contributed by atoms with Crippen molar-refractivity contribution in [1.82, 2.24) is 0 Å². The molecule has 1 aromatic carbocycles. The SMILES string of the molecule is CC.COC(=O)Cc1ccc(C)cc1. The lowest BCUT2D eigenvalue weighted by Crippen LogP contribution is -2.03. The van der Waals surface area contributed by atoms with Crippen molar-refractivity contribution in [3.05, 3.63) is 35.4 Å². The highest BCUT2D eigenvalue weighted by Gasteiger charge is 2.00. The molecular formula is C12H18O2. The Labute approximate surface area is 85.9 Å². The predicted molar refractivity (Wildman–Crippen MR) is 58.2 cm³/mol. The van der Waals surface area contributed by atoms with Crippen LogP contribution in [0.5, 0.6) is 0 Å². The zero-order chi connectivity index (χ0) is 11.0. The lowest BCUT2D eigenvalue weighted by Gasteiger charge is -1.99. The number of hydrogen-bond acceptors (Lipinski definition) is 2. The summed E-state index contributed by atoms with van der Waals surface area (Å²) >= 11 is 0. The van der Waals surface area contributed by atoms with Gasteiger partial charge in [-0.15, -0.1) is 0 Å². The number of methoxy groups -OCH3 is 1. The molecule has 0 aliphatic rings. The molecule has 0 saturated carbocycles. The first-order valence-electron chi connectivity index (χ1n) is 4.84. The second-order valence-electron chi connectivity index (χ2n) is 2.74. The molecule has 0 bridgehead atoms. The minimum absolute atomic E-state index is 0.196. The van der Waals surface area contributed by atoms with E-state index in [2.05, 4.69) is 4.74 Å². The molecule has 0 fully saturated rings. The van der Waals surface area contributed by atoms with Gasteiger partial charge in [0.15, 0.2) is 0 Å². The molecule has 1 aromatic rings. The van der Waals surface area contributed by atoms with Crippen molar-refractivity contribution >= 4 is 5.97 Å². The van der Waals surface area contributed by atoms with Crippen LogP contribution in [0.3, 0.4) is 0 Å². The van der Waals surface area contributed by atoms with E-state index < -0.39 is 0 Å². The smallest absolute Gasteiger partial charge is 0.309 e. The van der Waals surface area contributed by atoms with Gasteiger partial charge in [-0.1, -0.05) is 43.7 Å². The molecule has 2 heteroatoms. The summed E-state index contributed by atoms with van der Waals surface area (Å²) in [5.74, 6) is -0.196. The number of esters is 1. The van der Waals surface area contributed by atoms with Gasteiger partial charge in [0.05, 0.1) is 13.5 Å². The van der Waals surface area contributed by atoms with Crippen LogP contribution in [0.1, 0.15) is 25.0 Å². The van der Waals surface area contributed by atoms with Crippen LogP contribution in [-0.2, 0) is 16.0 Å². The lowest BCUT2D eigenvalue weighted by atomic mass is 10.1. The molecule has 0 aromatic heterocycles. The fourth-order valence-electron chi connectivity index (χ4n) is 0.945. The Kier molecular flexibility index (Phi) is 6.46. The first-order valence-corrected chi connectivity index (χ1v) is 4.84. The summed E-state index contributed by atoms with van der Waals surface area (Å²) in [5, 5.41) is 0. The molecule has 2 nitrogen and oxygen atoms in total. The molecule has 0 unspecified atom stereocenters. The zero-order valence-electron chi connectivity index (χ0n) is 9.33. The average Bonchev–Trinajstić information content (AvgIpc) is 2.24. The molecule has 0 saturated heterocycles. The van der Waals surface area contributed by atoms with E-state index in [9.17, 15) is 4.79 Å². The fourth-order valence-corrected chi connectivity index (χ4v) is 0.945. The van der Waals surface area contributed by atoms with E-state index in [4.69, 9.17) is 0 Å². The maximum absolute atomic E-state index is 10.8. The third kappa shape index (κ3) is 4.65. The van der Waals surface area contributed by atoms with Gasteiger partial charge in [-0.2, -0.15) is 0 Å². The Hall–Kier alpha value is -1.31. The van der Waals surface area contributed by atoms with Crippen LogP contribution in [0.15, 0.2) is 24.3 Å². The van der Waals surface area contributed by atoms with Crippen molar-refractivity contribution in [3.63, 3.8) is 0 Å². The van der Waals surface area contributed by atoms with E-state index in [0.29, 0.717) is 6.42 Å². The first-order chi connectivity index (χ1) is 6.72. The first kappa shape index (κ1) is 12.7. The monoisotopic (exact) mass is 194 g/mol. The molecule has 0 amide bonds. The summed E-state index contributed by atoms with van der Waals surface area (Å²) in [7, 11) is 1.40. The number of ether oxygens (including phenoxy) is 1. The van der Waals surface area contributed by atoms with E-state index in [1.165, 1.54) is 12.7 Å². The minimum Gasteiger partial charge on any atom is -0.469 e. The van der Waals surface area contributed by atoms with Crippen LogP contribution in [0.2, 0.25) is 0 Å². The average molecular weight is 194 g/mol. The van der Waals surface area contributed by atoms with Gasteiger partial charge in [0.1, 0.15) is 0 Å². The van der Waals surface area contributed by atoms with E-state index in [-0.39, 0.29) is 5.97 Å². The normalized spacial score (nSPS) is 8.57. The van der Waals surface area contributed by atoms with Gasteiger partial charge >= 0.3 is 5.97 Å². The Morgan fingerprint density at radius 2 is 1.71 bits per heavy atom. The zero-order valence-corrected chi connectivity index (χ0v) is 9.33. The predicted octanol–water partition coefficient (Wildman–Crippen LogP) is 2.74. The highest BCUT2D eigenvalue weighted by molar-refractivity contribution is 5.72. The minimum atomic E-state index is -0.196. The Morgan fingerprint density at radius 3 is 2.14 bits per heavy atom. The molecule has 78 valence electrons. The topological polar surface area (TPSA) is 26.3 Å². The molecule has 0 radical (unpaired) electrons. The number of hydrogen-bond donors (Lipinski definition) is 0. The Balaban J connectivity index is 0.000000791. The quantitative estimate of drug-likeness (QED) is 0.677. The van der Waals surface area contributed by atoms with Gasteiger partial charge < -0.3 is 4.74 Å². The van der Waals surface area contributed by atoms with E-state index in [1.54, 1.807) is 0 Å². The molecule has 0 spiro atoms. The molecule has 1 rings (SSSR count). The summed E-state index contributed by atoms with van der Waals surface area (Å²) in [4.78, 5) is 10.8. The number of carbonyl (C=O) groups is 1. The molecular weight excluding hydrogens is 176 g/mol. The summed E-state index contributed by atoms with van der Waals surface area (Å²) in [5.41, 5.74) is 2.19. The number of rotatable bonds is 2. The summed E-state index contributed by atoms with van der Waals surface area (Å²) in [6.07, 6.45) is 0.358. The fraction of sp³-hybridized carbons (Fsp3) is 0.417. The van der Waals surface area contributed by atoms with Gasteiger partial charge in [-0.05, 0) is 12.5 Å². The standard InChI is InChI=1S/C10H12O2.C2H6/c1-8-3-5-9(6-4-8)7-10(11)12-2;1-2/h3-6H,7H2,1-2H3;1-2H3. The van der Waals surface area contributed by atoms with Gasteiger partial charge in [0, 0.05) is 0 Å². The molecule has 0 N–H and O–H groups in total. The highest BCUT2D eigenvalue weighted by Crippen LogP contribution is 2.04. The van der Waals surface area contributed by atoms with Crippen molar-refractivity contribution < 1.29 is 9.53 Å². The Morgan fingerprint density at radius 1 is 1.21 bits per heavy atom. The van der Waals surface area contributed by atoms with Crippen molar-refractivity contribution in [2.24, 2.45) is 0 Å².